The maximum Gasteiger partial charge on any atom is 0.345 e. The zero-order valence-electron chi connectivity index (χ0n) is 21.1. The number of quaternary nitrogens is 1. The summed E-state index contributed by atoms with van der Waals surface area (Å²) >= 11 is 3.18. The van der Waals surface area contributed by atoms with Crippen molar-refractivity contribution in [3.05, 3.63) is 37.9 Å². The Morgan fingerprint density at radius 1 is 1.12 bits per heavy atom. The predicted octanol–water partition coefficient (Wildman–Crippen LogP) is -3.29. The van der Waals surface area contributed by atoms with Crippen molar-refractivity contribution in [1.82, 2.24) is 0 Å². The molecule has 1 aromatic carbocycles. The molecule has 5 atom stereocenters. The number of nitro groups is 2. The van der Waals surface area contributed by atoms with Gasteiger partial charge in [0.05, 0.1) is 28.8 Å². The average Bonchev–Trinajstić information content (AvgIpc) is 2.88. The van der Waals surface area contributed by atoms with E-state index < -0.39 is 86.7 Å². The molecule has 0 aromatic heterocycles. The standard InChI is InChI=1S/C20H29BrN4O14S/c1-40(35,36)38-7-5-23(4-2-21)15-12(8-11(24(31)32)9-13(15)25(33)34)19(30)22-3-6-37-20-18(29)17(28)16(27)14(10-26)39-20/h8-9,14,16-18,20,26-29H,2-7,10H2,1H3,(H,22,30)/p+2. The van der Waals surface area contributed by atoms with Gasteiger partial charge in [-0.1, -0.05) is 15.9 Å². The van der Waals surface area contributed by atoms with E-state index in [9.17, 15) is 53.9 Å². The molecule has 7 N–H and O–H groups in total. The molecule has 1 fully saturated rings. The number of amides is 1. The molecule has 5 unspecified atom stereocenters. The number of alkyl halides is 1. The minimum Gasteiger partial charge on any atom is -0.402 e. The summed E-state index contributed by atoms with van der Waals surface area (Å²) < 4.78 is 36.7. The van der Waals surface area contributed by atoms with E-state index in [1.165, 1.54) is 4.90 Å². The molecule has 1 aromatic rings. The highest BCUT2D eigenvalue weighted by Crippen LogP contribution is 2.36. The molecular weight excluding hydrogens is 632 g/mol. The fourth-order valence-electron chi connectivity index (χ4n) is 3.85. The number of nitrogens with two attached hydrogens (primary N) is 1. The topological polar surface area (TPSA) is 270 Å². The second kappa shape index (κ2) is 15.0. The van der Waals surface area contributed by atoms with E-state index in [0.717, 1.165) is 17.6 Å². The summed E-state index contributed by atoms with van der Waals surface area (Å²) in [7, 11) is -3.85. The fraction of sp³-hybridized carbons (Fsp3) is 0.650. The van der Waals surface area contributed by atoms with Crippen molar-refractivity contribution in [1.29, 1.82) is 0 Å². The number of non-ortho nitro benzene ring substituents is 1. The van der Waals surface area contributed by atoms with Crippen molar-refractivity contribution in [3.8, 4) is 0 Å². The van der Waals surface area contributed by atoms with E-state index in [0.29, 0.717) is 6.07 Å². The lowest BCUT2D eigenvalue weighted by atomic mass is 9.99. The Hall–Kier alpha value is -2.40. The van der Waals surface area contributed by atoms with Crippen molar-refractivity contribution in [3.63, 3.8) is 0 Å². The zero-order chi connectivity index (χ0) is 30.2. The molecule has 0 saturated carbocycles. The number of anilines is 1. The van der Waals surface area contributed by atoms with Crippen molar-refractivity contribution >= 4 is 49.0 Å². The van der Waals surface area contributed by atoms with Crippen LogP contribution in [-0.2, 0) is 19.0 Å². The number of primary amides is 1. The molecule has 226 valence electrons. The molecule has 1 heterocycles. The third kappa shape index (κ3) is 9.06. The van der Waals surface area contributed by atoms with Gasteiger partial charge in [-0.15, -0.1) is 0 Å². The van der Waals surface area contributed by atoms with Crippen LogP contribution in [0.15, 0.2) is 12.1 Å². The highest BCUT2D eigenvalue weighted by molar-refractivity contribution is 9.09. The number of hydrogen-bond donors (Lipinski definition) is 5. The minimum atomic E-state index is -3.85. The highest BCUT2D eigenvalue weighted by atomic mass is 79.9. The summed E-state index contributed by atoms with van der Waals surface area (Å²) in [6.07, 6.45) is -6.42. The van der Waals surface area contributed by atoms with Crippen LogP contribution in [0.1, 0.15) is 10.4 Å². The van der Waals surface area contributed by atoms with Gasteiger partial charge in [-0.3, -0.25) is 29.7 Å². The second-order valence-electron chi connectivity index (χ2n) is 8.57. The predicted molar refractivity (Wildman–Crippen MR) is 139 cm³/mol. The summed E-state index contributed by atoms with van der Waals surface area (Å²) in [5, 5.41) is 63.7. The molecule has 0 bridgehead atoms. The summed E-state index contributed by atoms with van der Waals surface area (Å²) in [5.74, 6) is -0.848. The summed E-state index contributed by atoms with van der Waals surface area (Å²) in [4.78, 5) is 36.0. The molecule has 18 nitrogen and oxygen atoms in total. The molecule has 0 radical (unpaired) electrons. The van der Waals surface area contributed by atoms with Crippen LogP contribution in [0.2, 0.25) is 0 Å². The summed E-state index contributed by atoms with van der Waals surface area (Å²) in [5.41, 5.74) is -2.16. The lowest BCUT2D eigenvalue weighted by Crippen LogP contribution is -2.89. The normalized spacial score (nSPS) is 23.1. The number of benzene rings is 1. The molecule has 1 aliphatic heterocycles. The Balaban J connectivity index is 2.28. The van der Waals surface area contributed by atoms with E-state index in [-0.39, 0.29) is 37.3 Å². The molecule has 40 heavy (non-hydrogen) atoms. The molecule has 0 spiro atoms. The quantitative estimate of drug-likeness (QED) is 0.0308. The van der Waals surface area contributed by atoms with Gasteiger partial charge >= 0.3 is 5.91 Å². The number of halogens is 1. The smallest absolute Gasteiger partial charge is 0.345 e. The first-order valence-corrected chi connectivity index (χ1v) is 14.6. The number of rotatable bonds is 15. The van der Waals surface area contributed by atoms with Crippen molar-refractivity contribution < 1.29 is 62.5 Å². The first-order chi connectivity index (χ1) is 18.7. The van der Waals surface area contributed by atoms with Gasteiger partial charge in [0.1, 0.15) is 37.1 Å². The van der Waals surface area contributed by atoms with Crippen LogP contribution in [-0.4, -0.2) is 131 Å². The number of hydrogen-bond acceptors (Lipinski definition) is 14. The molecule has 0 aliphatic carbocycles. The maximum atomic E-state index is 13.2. The Morgan fingerprint density at radius 3 is 2.35 bits per heavy atom. The third-order valence-electron chi connectivity index (χ3n) is 5.72. The van der Waals surface area contributed by atoms with Crippen molar-refractivity contribution in [2.75, 3.05) is 55.9 Å². The van der Waals surface area contributed by atoms with Crippen LogP contribution in [0.25, 0.3) is 0 Å². The van der Waals surface area contributed by atoms with Gasteiger partial charge in [0.2, 0.25) is 6.10 Å². The highest BCUT2D eigenvalue weighted by Gasteiger charge is 2.48. The van der Waals surface area contributed by atoms with Crippen LogP contribution < -0.4 is 10.2 Å². The third-order valence-corrected chi connectivity index (χ3v) is 6.67. The van der Waals surface area contributed by atoms with Crippen LogP contribution in [0, 0.1) is 20.2 Å². The van der Waals surface area contributed by atoms with Gasteiger partial charge in [0.25, 0.3) is 27.8 Å². The van der Waals surface area contributed by atoms with Gasteiger partial charge in [-0.05, 0) is 0 Å². The molecule has 1 saturated heterocycles. The maximum absolute atomic E-state index is 13.2. The van der Waals surface area contributed by atoms with Gasteiger partial charge in [0.15, 0.2) is 12.2 Å². The van der Waals surface area contributed by atoms with E-state index in [4.69, 9.17) is 8.92 Å². The number of ether oxygens (including phenoxy) is 2. The van der Waals surface area contributed by atoms with E-state index in [2.05, 4.69) is 20.7 Å². The Bertz CT molecular complexity index is 1170. The van der Waals surface area contributed by atoms with Crippen LogP contribution in [0.4, 0.5) is 17.1 Å². The second-order valence-corrected chi connectivity index (χ2v) is 11.0. The number of nitro benzene ring substituents is 2. The van der Waals surface area contributed by atoms with Crippen LogP contribution in [0.3, 0.4) is 0 Å². The monoisotopic (exact) mass is 662 g/mol. The number of carbonyl (C=O) groups is 1. The SMILES string of the molecule is CS(=O)(=O)OCCN(CCBr)c1c(C(=O)[NH2+]CCOC2[OH+]C(CO)C(O)C(O)C2O)cc([N+](=O)[O-])cc1[N+](=O)[O-]. The first kappa shape index (κ1) is 33.8. The van der Waals surface area contributed by atoms with Gasteiger partial charge in [-0.25, -0.2) is 4.79 Å². The van der Waals surface area contributed by atoms with E-state index in [1.807, 2.05) is 0 Å². The summed E-state index contributed by atoms with van der Waals surface area (Å²) in [6, 6.07) is 1.56. The largest absolute Gasteiger partial charge is 0.402 e. The number of aliphatic hydroxyl groups is 6. The molecule has 20 heteroatoms. The molecule has 1 amide bonds. The van der Waals surface area contributed by atoms with E-state index >= 15 is 0 Å². The van der Waals surface area contributed by atoms with Crippen molar-refractivity contribution in [2.45, 2.75) is 30.7 Å². The number of nitrogens with zero attached hydrogens (tertiary/aromatic N) is 3. The van der Waals surface area contributed by atoms with Crippen LogP contribution >= 0.6 is 15.9 Å². The molecule has 1 aliphatic rings. The van der Waals surface area contributed by atoms with Crippen molar-refractivity contribution in [2.24, 2.45) is 0 Å². The molecule has 2 rings (SSSR count). The van der Waals surface area contributed by atoms with Crippen LogP contribution in [0.5, 0.6) is 0 Å². The zero-order valence-corrected chi connectivity index (χ0v) is 23.5. The Kier molecular flexibility index (Phi) is 12.7. The fourth-order valence-corrected chi connectivity index (χ4v) is 4.66. The number of carbonyl (C=O) groups excluding carboxylic acids is 1. The number of aliphatic hydroxyl groups excluding tert-OH is 4. The van der Waals surface area contributed by atoms with E-state index in [1.54, 1.807) is 0 Å². The lowest BCUT2D eigenvalue weighted by molar-refractivity contribution is -0.560. The lowest BCUT2D eigenvalue weighted by Gasteiger charge is -2.35. The Labute approximate surface area is 236 Å². The van der Waals surface area contributed by atoms with Gasteiger partial charge < -0.3 is 34.8 Å². The Morgan fingerprint density at radius 2 is 1.80 bits per heavy atom. The first-order valence-electron chi connectivity index (χ1n) is 11.7. The van der Waals surface area contributed by atoms with Gasteiger partial charge in [0, 0.05) is 24.5 Å². The average molecular weight is 663 g/mol. The summed E-state index contributed by atoms with van der Waals surface area (Å²) in [6.45, 7) is -1.65. The van der Waals surface area contributed by atoms with Gasteiger partial charge in [-0.2, -0.15) is 8.42 Å². The minimum absolute atomic E-state index is 0.0381. The molecular formula is C20H31BrN4O14S+2.